The van der Waals surface area contributed by atoms with Gasteiger partial charge in [0, 0.05) is 50.1 Å². The van der Waals surface area contributed by atoms with Crippen LogP contribution in [-0.4, -0.2) is 56.0 Å². The maximum atomic E-state index is 9.29. The van der Waals surface area contributed by atoms with Crippen LogP contribution in [0.5, 0.6) is 0 Å². The molecule has 1 atom stereocenters. The largest absolute Gasteiger partial charge is 0.396 e. The van der Waals surface area contributed by atoms with Gasteiger partial charge in [0.1, 0.15) is 0 Å². The molecule has 1 aromatic heterocycles. The van der Waals surface area contributed by atoms with E-state index in [0.29, 0.717) is 6.61 Å². The second-order valence-corrected chi connectivity index (χ2v) is 7.63. The van der Waals surface area contributed by atoms with Crippen molar-refractivity contribution >= 4 is 17.3 Å². The molecule has 1 aliphatic rings. The third-order valence-corrected chi connectivity index (χ3v) is 5.66. The first-order valence-electron chi connectivity index (χ1n) is 8.71. The minimum absolute atomic E-state index is 0.0226. The van der Waals surface area contributed by atoms with Crippen LogP contribution < -0.4 is 10.6 Å². The lowest BCUT2D eigenvalue weighted by Crippen LogP contribution is -2.45. The second-order valence-electron chi connectivity index (χ2n) is 6.34. The molecule has 0 bridgehead atoms. The minimum Gasteiger partial charge on any atom is -0.396 e. The molecule has 1 saturated heterocycles. The number of ether oxygens (including phenoxy) is 1. The summed E-state index contributed by atoms with van der Waals surface area (Å²) < 4.78 is 5.52. The number of hydrogen-bond donors (Lipinski definition) is 3. The first-order chi connectivity index (χ1) is 11.6. The summed E-state index contributed by atoms with van der Waals surface area (Å²) in [4.78, 5) is 10.3. The Hall–Kier alpha value is -1.18. The van der Waals surface area contributed by atoms with Crippen LogP contribution in [0.2, 0.25) is 0 Å². The standard InChI is InChI=1S/C17H30N4O2S/c1-4-14-13(2)24-15(21-14)5-8-19-16(18-3)20-11-17(6-9-22)7-10-23-12-17/h22H,4-12H2,1-3H3,(H2,18,19,20). The Morgan fingerprint density at radius 3 is 2.88 bits per heavy atom. The molecular formula is C17H30N4O2S. The van der Waals surface area contributed by atoms with Crippen molar-refractivity contribution in [2.75, 3.05) is 40.0 Å². The molecule has 0 radical (unpaired) electrons. The summed E-state index contributed by atoms with van der Waals surface area (Å²) in [5, 5.41) is 17.2. The Bertz CT molecular complexity index is 539. The summed E-state index contributed by atoms with van der Waals surface area (Å²) >= 11 is 1.78. The van der Waals surface area contributed by atoms with E-state index in [1.54, 1.807) is 18.4 Å². The molecule has 2 heterocycles. The average Bonchev–Trinajstić information content (AvgIpc) is 3.18. The van der Waals surface area contributed by atoms with Crippen LogP contribution in [0, 0.1) is 12.3 Å². The number of nitrogens with one attached hydrogen (secondary N) is 2. The second kappa shape index (κ2) is 9.34. The molecule has 1 unspecified atom stereocenters. The first kappa shape index (κ1) is 19.1. The maximum absolute atomic E-state index is 9.29. The van der Waals surface area contributed by atoms with Crippen LogP contribution >= 0.6 is 11.3 Å². The lowest BCUT2D eigenvalue weighted by atomic mass is 9.84. The fourth-order valence-electron chi connectivity index (χ4n) is 3.01. The molecule has 1 aliphatic heterocycles. The van der Waals surface area contributed by atoms with Crippen molar-refractivity contribution < 1.29 is 9.84 Å². The van der Waals surface area contributed by atoms with Crippen LogP contribution in [0.4, 0.5) is 0 Å². The fraction of sp³-hybridized carbons (Fsp3) is 0.765. The van der Waals surface area contributed by atoms with Gasteiger partial charge in [0.05, 0.1) is 17.3 Å². The predicted octanol–water partition coefficient (Wildman–Crippen LogP) is 1.51. The lowest BCUT2D eigenvalue weighted by Gasteiger charge is -2.27. The van der Waals surface area contributed by atoms with Gasteiger partial charge in [-0.2, -0.15) is 0 Å². The van der Waals surface area contributed by atoms with Crippen LogP contribution in [0.3, 0.4) is 0 Å². The van der Waals surface area contributed by atoms with E-state index in [1.807, 2.05) is 0 Å². The quantitative estimate of drug-likeness (QED) is 0.487. The van der Waals surface area contributed by atoms with Gasteiger partial charge in [-0.3, -0.25) is 4.99 Å². The van der Waals surface area contributed by atoms with Crippen molar-refractivity contribution in [2.45, 2.75) is 39.5 Å². The molecule has 0 aliphatic carbocycles. The van der Waals surface area contributed by atoms with E-state index in [2.05, 4.69) is 34.5 Å². The molecule has 0 saturated carbocycles. The monoisotopic (exact) mass is 354 g/mol. The van der Waals surface area contributed by atoms with Gasteiger partial charge in [-0.05, 0) is 26.2 Å². The topological polar surface area (TPSA) is 78.8 Å². The molecule has 7 heteroatoms. The number of guanidine groups is 1. The van der Waals surface area contributed by atoms with Crippen LogP contribution in [0.1, 0.15) is 35.3 Å². The van der Waals surface area contributed by atoms with Gasteiger partial charge in [0.25, 0.3) is 0 Å². The third kappa shape index (κ3) is 5.16. The number of aromatic nitrogens is 1. The van der Waals surface area contributed by atoms with E-state index in [4.69, 9.17) is 4.74 Å². The molecule has 1 aromatic rings. The summed E-state index contributed by atoms with van der Waals surface area (Å²) in [7, 11) is 1.78. The number of rotatable bonds is 8. The molecule has 6 nitrogen and oxygen atoms in total. The molecule has 2 rings (SSSR count). The van der Waals surface area contributed by atoms with Gasteiger partial charge in [0.15, 0.2) is 5.96 Å². The highest BCUT2D eigenvalue weighted by molar-refractivity contribution is 7.11. The van der Waals surface area contributed by atoms with Crippen molar-refractivity contribution in [2.24, 2.45) is 10.4 Å². The molecule has 1 fully saturated rings. The number of aliphatic hydroxyl groups is 1. The van der Waals surface area contributed by atoms with Crippen molar-refractivity contribution in [3.05, 3.63) is 15.6 Å². The summed E-state index contributed by atoms with van der Waals surface area (Å²) in [6.07, 6.45) is 3.63. The smallest absolute Gasteiger partial charge is 0.191 e. The van der Waals surface area contributed by atoms with Crippen molar-refractivity contribution in [1.82, 2.24) is 15.6 Å². The van der Waals surface area contributed by atoms with E-state index < -0.39 is 0 Å². The molecule has 3 N–H and O–H groups in total. The van der Waals surface area contributed by atoms with Crippen LogP contribution in [0.25, 0.3) is 0 Å². The Morgan fingerprint density at radius 1 is 1.46 bits per heavy atom. The third-order valence-electron chi connectivity index (χ3n) is 4.58. The summed E-state index contributed by atoms with van der Waals surface area (Å²) in [5.41, 5.74) is 1.24. The summed E-state index contributed by atoms with van der Waals surface area (Å²) in [6.45, 7) is 7.53. The van der Waals surface area contributed by atoms with E-state index >= 15 is 0 Å². The lowest BCUT2D eigenvalue weighted by molar-refractivity contribution is 0.127. The van der Waals surface area contributed by atoms with Gasteiger partial charge in [-0.15, -0.1) is 11.3 Å². The molecule has 24 heavy (non-hydrogen) atoms. The maximum Gasteiger partial charge on any atom is 0.191 e. The number of aliphatic imine (C=N–C) groups is 1. The highest BCUT2D eigenvalue weighted by Gasteiger charge is 2.34. The number of hydrogen-bond acceptors (Lipinski definition) is 5. The highest BCUT2D eigenvalue weighted by atomic mass is 32.1. The van der Waals surface area contributed by atoms with Crippen molar-refractivity contribution in [3.8, 4) is 0 Å². The SMILES string of the molecule is CCc1nc(CCNC(=NC)NCC2(CCO)CCOC2)sc1C. The zero-order valence-electron chi connectivity index (χ0n) is 15.0. The number of aryl methyl sites for hydroxylation is 2. The van der Waals surface area contributed by atoms with E-state index in [9.17, 15) is 5.11 Å². The van der Waals surface area contributed by atoms with Gasteiger partial charge in [-0.1, -0.05) is 6.92 Å². The number of aliphatic hydroxyl groups excluding tert-OH is 1. The molecule has 0 amide bonds. The Labute approximate surface area is 148 Å². The first-order valence-corrected chi connectivity index (χ1v) is 9.52. The summed E-state index contributed by atoms with van der Waals surface area (Å²) in [6, 6.07) is 0. The molecular weight excluding hydrogens is 324 g/mol. The van der Waals surface area contributed by atoms with Gasteiger partial charge in [-0.25, -0.2) is 4.98 Å². The average molecular weight is 355 g/mol. The Balaban J connectivity index is 1.77. The predicted molar refractivity (Wildman–Crippen MR) is 98.9 cm³/mol. The van der Waals surface area contributed by atoms with Crippen molar-refractivity contribution in [3.63, 3.8) is 0 Å². The highest BCUT2D eigenvalue weighted by Crippen LogP contribution is 2.31. The van der Waals surface area contributed by atoms with Gasteiger partial charge >= 0.3 is 0 Å². The number of thiazole rings is 1. The minimum atomic E-state index is 0.0226. The van der Waals surface area contributed by atoms with Crippen LogP contribution in [0.15, 0.2) is 4.99 Å². The fourth-order valence-corrected chi connectivity index (χ4v) is 4.04. The van der Waals surface area contributed by atoms with E-state index in [1.165, 1.54) is 15.6 Å². The number of nitrogens with zero attached hydrogens (tertiary/aromatic N) is 2. The molecule has 0 spiro atoms. The Morgan fingerprint density at radius 2 is 2.29 bits per heavy atom. The van der Waals surface area contributed by atoms with E-state index in [-0.39, 0.29) is 12.0 Å². The normalized spacial score (nSPS) is 21.2. The van der Waals surface area contributed by atoms with Gasteiger partial charge < -0.3 is 20.5 Å². The zero-order chi connectivity index (χ0) is 17.4. The zero-order valence-corrected chi connectivity index (χ0v) is 15.8. The molecule has 0 aromatic carbocycles. The molecule has 136 valence electrons. The van der Waals surface area contributed by atoms with E-state index in [0.717, 1.165) is 51.3 Å². The van der Waals surface area contributed by atoms with Gasteiger partial charge in [0.2, 0.25) is 0 Å². The Kier molecular flexibility index (Phi) is 7.45. The van der Waals surface area contributed by atoms with Crippen molar-refractivity contribution in [1.29, 1.82) is 0 Å². The van der Waals surface area contributed by atoms with Crippen LogP contribution in [-0.2, 0) is 17.6 Å². The summed E-state index contributed by atoms with van der Waals surface area (Å²) in [5.74, 6) is 0.795.